The lowest BCUT2D eigenvalue weighted by Gasteiger charge is -2.00. The third-order valence-electron chi connectivity index (χ3n) is 2.50. The smallest absolute Gasteiger partial charge is 0.134 e. The maximum absolute atomic E-state index is 5.95. The average molecular weight is 250 g/mol. The monoisotopic (exact) mass is 249 g/mol. The van der Waals surface area contributed by atoms with E-state index in [-0.39, 0.29) is 0 Å². The fourth-order valence-corrected chi connectivity index (χ4v) is 1.85. The number of nitrogens with one attached hydrogen (secondary N) is 1. The van der Waals surface area contributed by atoms with Crippen molar-refractivity contribution in [3.63, 3.8) is 0 Å². The SMILES string of the molecule is CCCNCc1ccc(-c2cccc(Cl)c2)o1. The van der Waals surface area contributed by atoms with Crippen LogP contribution in [0, 0.1) is 0 Å². The number of furan rings is 1. The van der Waals surface area contributed by atoms with E-state index in [2.05, 4.69) is 12.2 Å². The minimum atomic E-state index is 0.726. The second kappa shape index (κ2) is 5.89. The van der Waals surface area contributed by atoms with Crippen LogP contribution < -0.4 is 5.32 Å². The van der Waals surface area contributed by atoms with E-state index >= 15 is 0 Å². The first-order valence-corrected chi connectivity index (χ1v) is 6.23. The van der Waals surface area contributed by atoms with E-state index in [1.807, 2.05) is 36.4 Å². The van der Waals surface area contributed by atoms with E-state index in [1.54, 1.807) is 0 Å². The molecular formula is C14H16ClNO. The minimum absolute atomic E-state index is 0.726. The van der Waals surface area contributed by atoms with Crippen molar-refractivity contribution in [2.24, 2.45) is 0 Å². The lowest BCUT2D eigenvalue weighted by atomic mass is 10.2. The second-order valence-electron chi connectivity index (χ2n) is 3.95. The number of hydrogen-bond donors (Lipinski definition) is 1. The first-order chi connectivity index (χ1) is 8.29. The predicted molar refractivity (Wildman–Crippen MR) is 71.2 cm³/mol. The zero-order valence-electron chi connectivity index (χ0n) is 9.87. The number of benzene rings is 1. The molecule has 1 aromatic heterocycles. The third-order valence-corrected chi connectivity index (χ3v) is 2.73. The summed E-state index contributed by atoms with van der Waals surface area (Å²) >= 11 is 5.95. The van der Waals surface area contributed by atoms with Crippen LogP contribution in [0.3, 0.4) is 0 Å². The normalized spacial score (nSPS) is 10.7. The van der Waals surface area contributed by atoms with Crippen molar-refractivity contribution in [2.75, 3.05) is 6.54 Å². The topological polar surface area (TPSA) is 25.2 Å². The molecule has 0 radical (unpaired) electrons. The van der Waals surface area contributed by atoms with Crippen LogP contribution in [0.2, 0.25) is 5.02 Å². The van der Waals surface area contributed by atoms with E-state index in [0.29, 0.717) is 0 Å². The lowest BCUT2D eigenvalue weighted by Crippen LogP contribution is -2.12. The maximum atomic E-state index is 5.95. The van der Waals surface area contributed by atoms with Crippen molar-refractivity contribution in [1.29, 1.82) is 0 Å². The van der Waals surface area contributed by atoms with E-state index in [9.17, 15) is 0 Å². The molecule has 1 aromatic carbocycles. The Kier molecular flexibility index (Phi) is 4.24. The summed E-state index contributed by atoms with van der Waals surface area (Å²) in [4.78, 5) is 0. The average Bonchev–Trinajstić information content (AvgIpc) is 2.78. The Bertz CT molecular complexity index is 479. The van der Waals surface area contributed by atoms with Gasteiger partial charge in [-0.3, -0.25) is 0 Å². The minimum Gasteiger partial charge on any atom is -0.460 e. The van der Waals surface area contributed by atoms with Crippen LogP contribution in [0.15, 0.2) is 40.8 Å². The Morgan fingerprint density at radius 2 is 2.12 bits per heavy atom. The summed E-state index contributed by atoms with van der Waals surface area (Å²) in [6, 6.07) is 11.7. The quantitative estimate of drug-likeness (QED) is 0.807. The first kappa shape index (κ1) is 12.2. The van der Waals surface area contributed by atoms with E-state index in [0.717, 1.165) is 41.6 Å². The largest absolute Gasteiger partial charge is 0.460 e. The van der Waals surface area contributed by atoms with Crippen LogP contribution in [-0.2, 0) is 6.54 Å². The molecule has 17 heavy (non-hydrogen) atoms. The van der Waals surface area contributed by atoms with Crippen LogP contribution in [0.25, 0.3) is 11.3 Å². The molecular weight excluding hydrogens is 234 g/mol. The van der Waals surface area contributed by atoms with Crippen LogP contribution >= 0.6 is 11.6 Å². The molecule has 0 saturated heterocycles. The van der Waals surface area contributed by atoms with Gasteiger partial charge in [0.1, 0.15) is 11.5 Å². The van der Waals surface area contributed by atoms with Gasteiger partial charge in [-0.05, 0) is 37.2 Å². The van der Waals surface area contributed by atoms with Crippen molar-refractivity contribution >= 4 is 11.6 Å². The Hall–Kier alpha value is -1.25. The lowest BCUT2D eigenvalue weighted by molar-refractivity contribution is 0.493. The Labute approximate surface area is 107 Å². The van der Waals surface area contributed by atoms with Gasteiger partial charge < -0.3 is 9.73 Å². The first-order valence-electron chi connectivity index (χ1n) is 5.85. The van der Waals surface area contributed by atoms with Gasteiger partial charge in [0.25, 0.3) is 0 Å². The zero-order valence-corrected chi connectivity index (χ0v) is 10.6. The van der Waals surface area contributed by atoms with E-state index in [4.69, 9.17) is 16.0 Å². The second-order valence-corrected chi connectivity index (χ2v) is 4.39. The van der Waals surface area contributed by atoms with Crippen LogP contribution in [0.4, 0.5) is 0 Å². The summed E-state index contributed by atoms with van der Waals surface area (Å²) in [5.41, 5.74) is 1.01. The van der Waals surface area contributed by atoms with Crippen molar-refractivity contribution in [2.45, 2.75) is 19.9 Å². The van der Waals surface area contributed by atoms with Gasteiger partial charge >= 0.3 is 0 Å². The molecule has 0 aliphatic heterocycles. The van der Waals surface area contributed by atoms with Crippen LogP contribution in [-0.4, -0.2) is 6.54 Å². The molecule has 1 N–H and O–H groups in total. The molecule has 0 atom stereocenters. The van der Waals surface area contributed by atoms with Crippen molar-refractivity contribution in [3.8, 4) is 11.3 Å². The molecule has 2 rings (SSSR count). The van der Waals surface area contributed by atoms with Gasteiger partial charge in [-0.2, -0.15) is 0 Å². The van der Waals surface area contributed by atoms with E-state index < -0.39 is 0 Å². The number of hydrogen-bond acceptors (Lipinski definition) is 2. The summed E-state index contributed by atoms with van der Waals surface area (Å²) in [7, 11) is 0. The van der Waals surface area contributed by atoms with Crippen LogP contribution in [0.5, 0.6) is 0 Å². The fourth-order valence-electron chi connectivity index (χ4n) is 1.66. The highest BCUT2D eigenvalue weighted by atomic mass is 35.5. The van der Waals surface area contributed by atoms with Crippen molar-refractivity contribution in [3.05, 3.63) is 47.2 Å². The van der Waals surface area contributed by atoms with Gasteiger partial charge in [-0.25, -0.2) is 0 Å². The van der Waals surface area contributed by atoms with Crippen LogP contribution in [0.1, 0.15) is 19.1 Å². The molecule has 0 aliphatic carbocycles. The van der Waals surface area contributed by atoms with Gasteiger partial charge in [0.15, 0.2) is 0 Å². The summed E-state index contributed by atoms with van der Waals surface area (Å²) in [6.07, 6.45) is 1.13. The highest BCUT2D eigenvalue weighted by Crippen LogP contribution is 2.24. The van der Waals surface area contributed by atoms with Gasteiger partial charge in [0.2, 0.25) is 0 Å². The molecule has 0 saturated carbocycles. The molecule has 1 heterocycles. The number of rotatable bonds is 5. The van der Waals surface area contributed by atoms with Crippen molar-refractivity contribution < 1.29 is 4.42 Å². The molecule has 0 unspecified atom stereocenters. The van der Waals surface area contributed by atoms with Gasteiger partial charge in [0.05, 0.1) is 6.54 Å². The van der Waals surface area contributed by atoms with Crippen molar-refractivity contribution in [1.82, 2.24) is 5.32 Å². The zero-order chi connectivity index (χ0) is 12.1. The molecule has 2 aromatic rings. The molecule has 0 aliphatic rings. The number of halogens is 1. The Morgan fingerprint density at radius 1 is 1.24 bits per heavy atom. The summed E-state index contributed by atoms with van der Waals surface area (Å²) < 4.78 is 5.75. The Balaban J connectivity index is 2.07. The molecule has 0 fully saturated rings. The summed E-state index contributed by atoms with van der Waals surface area (Å²) in [5.74, 6) is 1.81. The summed E-state index contributed by atoms with van der Waals surface area (Å²) in [5, 5.41) is 4.03. The molecule has 0 bridgehead atoms. The highest BCUT2D eigenvalue weighted by Gasteiger charge is 2.04. The van der Waals surface area contributed by atoms with Gasteiger partial charge in [0, 0.05) is 10.6 Å². The van der Waals surface area contributed by atoms with Gasteiger partial charge in [-0.15, -0.1) is 0 Å². The Morgan fingerprint density at radius 3 is 2.88 bits per heavy atom. The molecule has 0 spiro atoms. The standard InChI is InChI=1S/C14H16ClNO/c1-2-8-16-10-13-6-7-14(17-13)11-4-3-5-12(15)9-11/h3-7,9,16H,2,8,10H2,1H3. The third kappa shape index (κ3) is 3.35. The molecule has 3 heteroatoms. The van der Waals surface area contributed by atoms with Gasteiger partial charge in [-0.1, -0.05) is 30.7 Å². The fraction of sp³-hybridized carbons (Fsp3) is 0.286. The predicted octanol–water partition coefficient (Wildman–Crippen LogP) is 4.10. The maximum Gasteiger partial charge on any atom is 0.134 e. The highest BCUT2D eigenvalue weighted by molar-refractivity contribution is 6.30. The van der Waals surface area contributed by atoms with E-state index in [1.165, 1.54) is 0 Å². The summed E-state index contributed by atoms with van der Waals surface area (Å²) in [6.45, 7) is 3.92. The molecule has 0 amide bonds. The molecule has 90 valence electrons. The molecule has 2 nitrogen and oxygen atoms in total.